The SMILES string of the molecule is CN(C)CCSCCSCCSCCN(C)C. The second-order valence-corrected chi connectivity index (χ2v) is 8.12. The van der Waals surface area contributed by atoms with Crippen LogP contribution in [0.1, 0.15) is 0 Å². The first-order valence-electron chi connectivity index (χ1n) is 6.15. The van der Waals surface area contributed by atoms with Gasteiger partial charge in [-0.1, -0.05) is 0 Å². The highest BCUT2D eigenvalue weighted by atomic mass is 32.2. The van der Waals surface area contributed by atoms with Gasteiger partial charge in [0.15, 0.2) is 0 Å². The zero-order chi connectivity index (χ0) is 12.9. The molecule has 0 aromatic heterocycles. The van der Waals surface area contributed by atoms with Crippen molar-refractivity contribution in [3.8, 4) is 0 Å². The molecule has 0 radical (unpaired) electrons. The number of nitrogens with zero attached hydrogens (tertiary/aromatic N) is 2. The van der Waals surface area contributed by atoms with Crippen LogP contribution in [0.3, 0.4) is 0 Å². The second kappa shape index (κ2) is 13.4. The average Bonchev–Trinajstić information content (AvgIpc) is 2.25. The first-order chi connectivity index (χ1) is 8.13. The summed E-state index contributed by atoms with van der Waals surface area (Å²) in [5.41, 5.74) is 0. The summed E-state index contributed by atoms with van der Waals surface area (Å²) in [6.45, 7) is 2.41. The van der Waals surface area contributed by atoms with Crippen LogP contribution in [0.5, 0.6) is 0 Å². The van der Waals surface area contributed by atoms with Gasteiger partial charge in [0.25, 0.3) is 0 Å². The van der Waals surface area contributed by atoms with E-state index in [4.69, 9.17) is 0 Å². The molecule has 2 nitrogen and oxygen atoms in total. The van der Waals surface area contributed by atoms with E-state index >= 15 is 0 Å². The van der Waals surface area contributed by atoms with Crippen molar-refractivity contribution in [1.82, 2.24) is 9.80 Å². The fourth-order valence-electron chi connectivity index (χ4n) is 1.04. The van der Waals surface area contributed by atoms with Crippen LogP contribution in [-0.2, 0) is 0 Å². The molecule has 0 saturated heterocycles. The van der Waals surface area contributed by atoms with Gasteiger partial charge < -0.3 is 9.80 Å². The third-order valence-corrected chi connectivity index (χ3v) is 5.54. The van der Waals surface area contributed by atoms with Gasteiger partial charge in [0.2, 0.25) is 0 Å². The standard InChI is InChI=1S/C12H28N2S3/c1-13(2)5-7-15-9-11-17-12-10-16-8-6-14(3)4/h5-12H2,1-4H3. The molecule has 0 aliphatic carbocycles. The Morgan fingerprint density at radius 3 is 1.12 bits per heavy atom. The fourth-order valence-corrected chi connectivity index (χ4v) is 4.52. The smallest absolute Gasteiger partial charge is 0.00662 e. The zero-order valence-electron chi connectivity index (χ0n) is 11.8. The number of hydrogen-bond acceptors (Lipinski definition) is 5. The molecule has 17 heavy (non-hydrogen) atoms. The molecule has 0 spiro atoms. The van der Waals surface area contributed by atoms with Crippen LogP contribution >= 0.6 is 35.3 Å². The molecule has 5 heteroatoms. The van der Waals surface area contributed by atoms with Gasteiger partial charge in [-0.2, -0.15) is 35.3 Å². The van der Waals surface area contributed by atoms with E-state index in [-0.39, 0.29) is 0 Å². The Hall–Kier alpha value is 0.970. The summed E-state index contributed by atoms with van der Waals surface area (Å²) < 4.78 is 0. The van der Waals surface area contributed by atoms with E-state index in [9.17, 15) is 0 Å². The Morgan fingerprint density at radius 1 is 0.529 bits per heavy atom. The van der Waals surface area contributed by atoms with Crippen molar-refractivity contribution in [2.45, 2.75) is 0 Å². The third kappa shape index (κ3) is 17.0. The molecule has 0 atom stereocenters. The minimum atomic E-state index is 1.20. The number of hydrogen-bond donors (Lipinski definition) is 0. The van der Waals surface area contributed by atoms with Gasteiger partial charge in [-0.25, -0.2) is 0 Å². The van der Waals surface area contributed by atoms with E-state index in [0.29, 0.717) is 0 Å². The van der Waals surface area contributed by atoms with Crippen molar-refractivity contribution >= 4 is 35.3 Å². The number of thioether (sulfide) groups is 3. The highest BCUT2D eigenvalue weighted by molar-refractivity contribution is 8.04. The Labute approximate surface area is 121 Å². The van der Waals surface area contributed by atoms with Gasteiger partial charge in [-0.3, -0.25) is 0 Å². The molecule has 0 aliphatic heterocycles. The van der Waals surface area contributed by atoms with Crippen molar-refractivity contribution in [3.63, 3.8) is 0 Å². The van der Waals surface area contributed by atoms with Crippen molar-refractivity contribution in [1.29, 1.82) is 0 Å². The summed E-state index contributed by atoms with van der Waals surface area (Å²) in [5.74, 6) is 7.77. The normalized spacial score (nSPS) is 11.6. The molecule has 0 saturated carbocycles. The maximum Gasteiger partial charge on any atom is 0.00662 e. The third-order valence-electron chi connectivity index (χ3n) is 2.11. The van der Waals surface area contributed by atoms with Gasteiger partial charge in [-0.15, -0.1) is 0 Å². The van der Waals surface area contributed by atoms with Crippen LogP contribution in [0.2, 0.25) is 0 Å². The monoisotopic (exact) mass is 296 g/mol. The predicted octanol–water partition coefficient (Wildman–Crippen LogP) is 2.31. The summed E-state index contributed by atoms with van der Waals surface area (Å²) in [5, 5.41) is 0. The van der Waals surface area contributed by atoms with E-state index in [1.54, 1.807) is 0 Å². The number of rotatable bonds is 12. The van der Waals surface area contributed by atoms with Crippen LogP contribution < -0.4 is 0 Å². The quantitative estimate of drug-likeness (QED) is 0.508. The van der Waals surface area contributed by atoms with E-state index in [0.717, 1.165) is 0 Å². The topological polar surface area (TPSA) is 6.48 Å². The van der Waals surface area contributed by atoms with Crippen molar-refractivity contribution < 1.29 is 0 Å². The minimum Gasteiger partial charge on any atom is -0.309 e. The van der Waals surface area contributed by atoms with Crippen molar-refractivity contribution in [2.24, 2.45) is 0 Å². The molecule has 0 heterocycles. The van der Waals surface area contributed by atoms with Crippen molar-refractivity contribution in [3.05, 3.63) is 0 Å². The lowest BCUT2D eigenvalue weighted by atomic mass is 10.7. The Bertz CT molecular complexity index is 139. The summed E-state index contributed by atoms with van der Waals surface area (Å²) >= 11 is 6.26. The van der Waals surface area contributed by atoms with Crippen LogP contribution in [0.25, 0.3) is 0 Å². The summed E-state index contributed by atoms with van der Waals surface area (Å²) in [6.07, 6.45) is 0. The summed E-state index contributed by atoms with van der Waals surface area (Å²) in [4.78, 5) is 4.50. The fraction of sp³-hybridized carbons (Fsp3) is 1.00. The van der Waals surface area contributed by atoms with E-state index in [2.05, 4.69) is 73.3 Å². The molecule has 0 aromatic rings. The summed E-state index contributed by atoms with van der Waals surface area (Å²) in [6, 6.07) is 0. The lowest BCUT2D eigenvalue weighted by Crippen LogP contribution is -2.15. The van der Waals surface area contributed by atoms with Gasteiger partial charge in [0.05, 0.1) is 0 Å². The zero-order valence-corrected chi connectivity index (χ0v) is 14.2. The first-order valence-corrected chi connectivity index (χ1v) is 9.62. The van der Waals surface area contributed by atoms with Crippen LogP contribution in [0.4, 0.5) is 0 Å². The molecule has 0 N–H and O–H groups in total. The van der Waals surface area contributed by atoms with Gasteiger partial charge in [0, 0.05) is 47.6 Å². The molecule has 0 aliphatic rings. The average molecular weight is 297 g/mol. The highest BCUT2D eigenvalue weighted by Crippen LogP contribution is 2.10. The Kier molecular flexibility index (Phi) is 14.2. The van der Waals surface area contributed by atoms with Gasteiger partial charge >= 0.3 is 0 Å². The van der Waals surface area contributed by atoms with Crippen LogP contribution in [-0.4, -0.2) is 85.6 Å². The molecular formula is C12H28N2S3. The largest absolute Gasteiger partial charge is 0.309 e. The van der Waals surface area contributed by atoms with Crippen LogP contribution in [0.15, 0.2) is 0 Å². The molecular weight excluding hydrogens is 268 g/mol. The Morgan fingerprint density at radius 2 is 0.824 bits per heavy atom. The summed E-state index contributed by atoms with van der Waals surface area (Å²) in [7, 11) is 8.56. The maximum absolute atomic E-state index is 2.25. The molecule has 0 bridgehead atoms. The maximum atomic E-state index is 2.25. The molecule has 0 fully saturated rings. The second-order valence-electron chi connectivity index (χ2n) is 4.44. The molecule has 0 aromatic carbocycles. The molecule has 0 unspecified atom stereocenters. The van der Waals surface area contributed by atoms with Crippen LogP contribution in [0, 0.1) is 0 Å². The molecule has 0 rings (SSSR count). The van der Waals surface area contributed by atoms with E-state index < -0.39 is 0 Å². The predicted molar refractivity (Wildman–Crippen MR) is 89.1 cm³/mol. The molecule has 104 valence electrons. The van der Waals surface area contributed by atoms with Crippen molar-refractivity contribution in [2.75, 3.05) is 75.8 Å². The first kappa shape index (κ1) is 18.0. The van der Waals surface area contributed by atoms with E-state index in [1.807, 2.05) is 0 Å². The van der Waals surface area contributed by atoms with E-state index in [1.165, 1.54) is 47.6 Å². The molecule has 0 amide bonds. The Balaban J connectivity index is 2.94. The minimum absolute atomic E-state index is 1.20. The van der Waals surface area contributed by atoms with Gasteiger partial charge in [0.1, 0.15) is 0 Å². The highest BCUT2D eigenvalue weighted by Gasteiger charge is 1.94. The lowest BCUT2D eigenvalue weighted by molar-refractivity contribution is 0.437. The van der Waals surface area contributed by atoms with Gasteiger partial charge in [-0.05, 0) is 28.2 Å². The lowest BCUT2D eigenvalue weighted by Gasteiger charge is -2.09.